The minimum absolute atomic E-state index is 0.0274. The number of rotatable bonds is 9. The Bertz CT molecular complexity index is 1020. The van der Waals surface area contributed by atoms with Crippen LogP contribution >= 0.6 is 21.6 Å². The summed E-state index contributed by atoms with van der Waals surface area (Å²) in [6.07, 6.45) is -0.617. The van der Waals surface area contributed by atoms with Crippen LogP contribution in [-0.4, -0.2) is 55.0 Å². The van der Waals surface area contributed by atoms with Crippen molar-refractivity contribution in [1.82, 2.24) is 5.32 Å². The molecule has 1 heterocycles. The van der Waals surface area contributed by atoms with Crippen LogP contribution in [0, 0.1) is 5.41 Å². The molecule has 1 unspecified atom stereocenters. The monoisotopic (exact) mass is 515 g/mol. The summed E-state index contributed by atoms with van der Waals surface area (Å²) < 4.78 is 16.5. The third-order valence-electron chi connectivity index (χ3n) is 5.93. The van der Waals surface area contributed by atoms with E-state index < -0.39 is 18.1 Å². The molecule has 1 N–H and O–H groups in total. The summed E-state index contributed by atoms with van der Waals surface area (Å²) >= 11 is 0. The second kappa shape index (κ2) is 10.8. The molecule has 1 amide bonds. The van der Waals surface area contributed by atoms with E-state index in [1.165, 1.54) is 21.9 Å². The second-order valence-corrected chi connectivity index (χ2v) is 13.6. The summed E-state index contributed by atoms with van der Waals surface area (Å²) in [7, 11) is 3.20. The Morgan fingerprint density at radius 1 is 1.06 bits per heavy atom. The maximum Gasteiger partial charge on any atom is 0.407 e. The Kier molecular flexibility index (Phi) is 8.03. The van der Waals surface area contributed by atoms with E-state index >= 15 is 0 Å². The highest BCUT2D eigenvalue weighted by Gasteiger charge is 2.36. The van der Waals surface area contributed by atoms with Crippen molar-refractivity contribution in [3.63, 3.8) is 0 Å². The van der Waals surface area contributed by atoms with Crippen LogP contribution in [0.5, 0.6) is 0 Å². The molecule has 1 fully saturated rings. The predicted octanol–water partition coefficient (Wildman–Crippen LogP) is 5.65. The van der Waals surface area contributed by atoms with E-state index in [-0.39, 0.29) is 29.3 Å². The van der Waals surface area contributed by atoms with E-state index in [4.69, 9.17) is 14.2 Å². The lowest BCUT2D eigenvalue weighted by molar-refractivity contribution is -0.166. The zero-order valence-corrected chi connectivity index (χ0v) is 22.3. The van der Waals surface area contributed by atoms with Crippen LogP contribution in [0.15, 0.2) is 48.5 Å². The molecule has 0 bridgehead atoms. The van der Waals surface area contributed by atoms with Gasteiger partial charge in [0.1, 0.15) is 19.3 Å². The zero-order chi connectivity index (χ0) is 25.1. The van der Waals surface area contributed by atoms with Gasteiger partial charge >= 0.3 is 12.1 Å². The summed E-state index contributed by atoms with van der Waals surface area (Å²) in [6.45, 7) is 9.94. The molecule has 0 spiro atoms. The molecule has 0 saturated carbocycles. The number of amides is 1. The number of fused-ring (bicyclic) bond motifs is 3. The number of hydrogen-bond donors (Lipinski definition) is 1. The first-order valence-corrected chi connectivity index (χ1v) is 14.1. The fraction of sp³-hybridized carbons (Fsp3) is 0.481. The molecule has 1 aliphatic carbocycles. The van der Waals surface area contributed by atoms with E-state index in [9.17, 15) is 9.59 Å². The van der Waals surface area contributed by atoms with E-state index in [1.807, 2.05) is 31.2 Å². The van der Waals surface area contributed by atoms with Crippen molar-refractivity contribution in [3.05, 3.63) is 59.7 Å². The number of alkyl carbamates (subject to hydrolysis) is 1. The quantitative estimate of drug-likeness (QED) is 0.342. The summed E-state index contributed by atoms with van der Waals surface area (Å²) in [4.78, 5) is 25.6. The van der Waals surface area contributed by atoms with E-state index in [1.54, 1.807) is 10.8 Å². The van der Waals surface area contributed by atoms with Gasteiger partial charge in [-0.3, -0.25) is 0 Å². The molecule has 2 aromatic carbocycles. The molecule has 8 heteroatoms. The van der Waals surface area contributed by atoms with Crippen LogP contribution in [0.1, 0.15) is 44.7 Å². The topological polar surface area (TPSA) is 73.9 Å². The van der Waals surface area contributed by atoms with Crippen LogP contribution in [0.3, 0.4) is 0 Å². The maximum atomic E-state index is 12.9. The lowest BCUT2D eigenvalue weighted by Crippen LogP contribution is -2.48. The molecule has 1 atom stereocenters. The first-order valence-electron chi connectivity index (χ1n) is 11.8. The standard InChI is InChI=1S/C27H33NO5S2/c1-26(2,3)35-34-14-23(24(29)33-17-27(4)15-31-16-27)28-25(30)32-13-22-20-11-7-5-9-18(20)19-10-6-8-12-21(19)22/h5-12,22-23H,13-17H2,1-4H3,(H,28,30). The molecule has 1 aliphatic heterocycles. The third kappa shape index (κ3) is 6.54. The molecule has 0 radical (unpaired) electrons. The van der Waals surface area contributed by atoms with Crippen LogP contribution in [0.2, 0.25) is 0 Å². The third-order valence-corrected chi connectivity index (χ3v) is 9.28. The van der Waals surface area contributed by atoms with Gasteiger partial charge in [-0.15, -0.1) is 0 Å². The van der Waals surface area contributed by atoms with Gasteiger partial charge in [-0.2, -0.15) is 0 Å². The van der Waals surface area contributed by atoms with Crippen molar-refractivity contribution in [2.24, 2.45) is 5.41 Å². The number of hydrogen-bond acceptors (Lipinski definition) is 7. The van der Waals surface area contributed by atoms with Gasteiger partial charge < -0.3 is 19.5 Å². The van der Waals surface area contributed by atoms with Crippen molar-refractivity contribution in [2.75, 3.05) is 32.2 Å². The fourth-order valence-corrected chi connectivity index (χ4v) is 6.56. The first-order chi connectivity index (χ1) is 16.7. The van der Waals surface area contributed by atoms with Gasteiger partial charge in [0, 0.05) is 21.8 Å². The summed E-state index contributed by atoms with van der Waals surface area (Å²) in [5, 5.41) is 2.75. The number of ether oxygens (including phenoxy) is 3. The van der Waals surface area contributed by atoms with Gasteiger partial charge in [0.05, 0.1) is 13.2 Å². The number of esters is 1. The Morgan fingerprint density at radius 3 is 2.20 bits per heavy atom. The van der Waals surface area contributed by atoms with Crippen LogP contribution in [0.4, 0.5) is 4.79 Å². The van der Waals surface area contributed by atoms with Gasteiger partial charge in [-0.25, -0.2) is 9.59 Å². The number of benzene rings is 2. The first kappa shape index (κ1) is 25.9. The number of carbonyl (C=O) groups is 2. The number of carbonyl (C=O) groups excluding carboxylic acids is 2. The van der Waals surface area contributed by atoms with E-state index in [0.717, 1.165) is 11.1 Å². The summed E-state index contributed by atoms with van der Waals surface area (Å²) in [5.74, 6) is -0.102. The zero-order valence-electron chi connectivity index (χ0n) is 20.7. The summed E-state index contributed by atoms with van der Waals surface area (Å²) in [6, 6.07) is 15.6. The Balaban J connectivity index is 1.37. The van der Waals surface area contributed by atoms with Crippen LogP contribution < -0.4 is 5.32 Å². The van der Waals surface area contributed by atoms with Crippen molar-refractivity contribution < 1.29 is 23.8 Å². The predicted molar refractivity (Wildman–Crippen MR) is 142 cm³/mol. The molecule has 4 rings (SSSR count). The van der Waals surface area contributed by atoms with Gasteiger partial charge in [0.15, 0.2) is 0 Å². The molecule has 188 valence electrons. The van der Waals surface area contributed by atoms with Crippen LogP contribution in [-0.2, 0) is 19.0 Å². The Morgan fingerprint density at radius 2 is 1.66 bits per heavy atom. The molecular weight excluding hydrogens is 482 g/mol. The van der Waals surface area contributed by atoms with Crippen molar-refractivity contribution in [1.29, 1.82) is 0 Å². The maximum absolute atomic E-state index is 12.9. The lowest BCUT2D eigenvalue weighted by atomic mass is 9.90. The molecule has 2 aromatic rings. The molecule has 0 aromatic heterocycles. The van der Waals surface area contributed by atoms with Gasteiger partial charge in [0.25, 0.3) is 0 Å². The highest BCUT2D eigenvalue weighted by atomic mass is 33.1. The SMILES string of the molecule is CC1(COC(=O)C(CSSC(C)(C)C)NC(=O)OCC2c3ccccc3-c3ccccc32)COC1. The molecular formula is C27H33NO5S2. The smallest absolute Gasteiger partial charge is 0.407 e. The fourth-order valence-electron chi connectivity index (χ4n) is 4.11. The summed E-state index contributed by atoms with van der Waals surface area (Å²) in [5.41, 5.74) is 4.47. The van der Waals surface area contributed by atoms with Gasteiger partial charge in [-0.05, 0) is 22.3 Å². The second-order valence-electron chi connectivity index (χ2n) is 10.4. The molecule has 2 aliphatic rings. The molecule has 1 saturated heterocycles. The lowest BCUT2D eigenvalue weighted by Gasteiger charge is -2.37. The Hall–Kier alpha value is -2.16. The van der Waals surface area contributed by atoms with Crippen molar-refractivity contribution in [2.45, 2.75) is 44.4 Å². The minimum atomic E-state index is -0.796. The Labute approximate surface area is 215 Å². The van der Waals surface area contributed by atoms with Crippen LogP contribution in [0.25, 0.3) is 11.1 Å². The average Bonchev–Trinajstić information content (AvgIpc) is 3.12. The van der Waals surface area contributed by atoms with Crippen molar-refractivity contribution in [3.8, 4) is 11.1 Å². The van der Waals surface area contributed by atoms with Crippen molar-refractivity contribution >= 4 is 33.7 Å². The van der Waals surface area contributed by atoms with E-state index in [0.29, 0.717) is 19.0 Å². The molecule has 6 nitrogen and oxygen atoms in total. The largest absolute Gasteiger partial charge is 0.463 e. The molecule has 35 heavy (non-hydrogen) atoms. The highest BCUT2D eigenvalue weighted by Crippen LogP contribution is 2.44. The number of nitrogens with one attached hydrogen (secondary N) is 1. The average molecular weight is 516 g/mol. The highest BCUT2D eigenvalue weighted by molar-refractivity contribution is 8.77. The van der Waals surface area contributed by atoms with Gasteiger partial charge in [-0.1, -0.05) is 97.8 Å². The van der Waals surface area contributed by atoms with E-state index in [2.05, 4.69) is 50.4 Å². The minimum Gasteiger partial charge on any atom is -0.463 e. The normalized spacial score (nSPS) is 17.0. The van der Waals surface area contributed by atoms with Gasteiger partial charge in [0.2, 0.25) is 0 Å².